The van der Waals surface area contributed by atoms with Crippen LogP contribution < -0.4 is 5.32 Å². The Morgan fingerprint density at radius 1 is 1.07 bits per heavy atom. The van der Waals surface area contributed by atoms with Gasteiger partial charge in [-0.05, 0) is 41.8 Å². The molecule has 158 valence electrons. The Hall–Kier alpha value is -3.29. The van der Waals surface area contributed by atoms with E-state index in [-0.39, 0.29) is 18.5 Å². The molecule has 0 fully saturated rings. The molecule has 1 amide bonds. The van der Waals surface area contributed by atoms with Gasteiger partial charge < -0.3 is 5.32 Å². The Kier molecular flexibility index (Phi) is 7.63. The lowest BCUT2D eigenvalue weighted by Crippen LogP contribution is -2.25. The zero-order valence-electron chi connectivity index (χ0n) is 15.6. The van der Waals surface area contributed by atoms with E-state index in [1.54, 1.807) is 0 Å². The van der Waals surface area contributed by atoms with Crippen LogP contribution in [-0.4, -0.2) is 12.5 Å². The number of halogens is 6. The first-order valence-electron chi connectivity index (χ1n) is 8.69. The molecule has 0 unspecified atom stereocenters. The molecule has 2 aromatic carbocycles. The second-order valence-corrected chi connectivity index (χ2v) is 6.16. The van der Waals surface area contributed by atoms with Crippen molar-refractivity contribution < 1.29 is 31.1 Å². The molecule has 0 atom stereocenters. The molecular formula is C22H17F6NO. The summed E-state index contributed by atoms with van der Waals surface area (Å²) >= 11 is 0. The number of hydrogen-bond donors (Lipinski definition) is 1. The van der Waals surface area contributed by atoms with Crippen molar-refractivity contribution in [3.8, 4) is 0 Å². The van der Waals surface area contributed by atoms with Crippen molar-refractivity contribution in [3.05, 3.63) is 107 Å². The fraction of sp³-hybridized carbons (Fsp3) is 0.136. The molecule has 1 N–H and O–H groups in total. The van der Waals surface area contributed by atoms with E-state index in [0.717, 1.165) is 30.3 Å². The zero-order chi connectivity index (χ0) is 22.3. The van der Waals surface area contributed by atoms with E-state index in [9.17, 15) is 31.1 Å². The van der Waals surface area contributed by atoms with Crippen molar-refractivity contribution >= 4 is 5.91 Å². The van der Waals surface area contributed by atoms with Crippen LogP contribution in [-0.2, 0) is 12.6 Å². The van der Waals surface area contributed by atoms with Crippen LogP contribution in [0.2, 0.25) is 0 Å². The summed E-state index contributed by atoms with van der Waals surface area (Å²) in [5.74, 6) is -4.00. The molecule has 0 aliphatic rings. The number of nitrogens with one attached hydrogen (secondary N) is 1. The van der Waals surface area contributed by atoms with Crippen LogP contribution in [0, 0.1) is 17.5 Å². The fourth-order valence-corrected chi connectivity index (χ4v) is 2.68. The highest BCUT2D eigenvalue weighted by molar-refractivity contribution is 5.94. The van der Waals surface area contributed by atoms with Gasteiger partial charge in [0.2, 0.25) is 0 Å². The lowest BCUT2D eigenvalue weighted by atomic mass is 9.98. The molecule has 0 spiro atoms. The summed E-state index contributed by atoms with van der Waals surface area (Å²) < 4.78 is 79.9. The Morgan fingerprint density at radius 2 is 1.73 bits per heavy atom. The first-order chi connectivity index (χ1) is 14.1. The van der Waals surface area contributed by atoms with E-state index in [0.29, 0.717) is 11.6 Å². The highest BCUT2D eigenvalue weighted by Crippen LogP contribution is 2.33. The average Bonchev–Trinajstić information content (AvgIpc) is 2.65. The molecule has 0 saturated heterocycles. The maximum absolute atomic E-state index is 13.6. The first-order valence-corrected chi connectivity index (χ1v) is 8.69. The van der Waals surface area contributed by atoms with E-state index in [4.69, 9.17) is 0 Å². The molecule has 0 aromatic heterocycles. The standard InChI is InChI=1S/C22H17F6NO/c1-2-5-14(12-15-9-10-16(23)13-17(15)22(26,27)28)6-4-11-29-21(30)20-18(24)7-3-8-19(20)25/h2-10,13H,1,11-12H2,(H,29,30)/b6-4-,14-5+. The SMILES string of the molecule is C=C/C=C(\C=C/CNC(=O)c1c(F)cccc1F)Cc1ccc(F)cc1C(F)(F)F. The predicted octanol–water partition coefficient (Wildman–Crippen LogP) is 5.76. The molecule has 0 heterocycles. The Labute approximate surface area is 169 Å². The molecule has 0 aliphatic carbocycles. The number of amides is 1. The van der Waals surface area contributed by atoms with Crippen LogP contribution in [0.4, 0.5) is 26.3 Å². The quantitative estimate of drug-likeness (QED) is 0.443. The van der Waals surface area contributed by atoms with Gasteiger partial charge in [0, 0.05) is 6.54 Å². The van der Waals surface area contributed by atoms with Crippen LogP contribution in [0.25, 0.3) is 0 Å². The number of rotatable bonds is 7. The van der Waals surface area contributed by atoms with Crippen LogP contribution >= 0.6 is 0 Å². The largest absolute Gasteiger partial charge is 0.416 e. The summed E-state index contributed by atoms with van der Waals surface area (Å²) in [5, 5.41) is 2.30. The van der Waals surface area contributed by atoms with Gasteiger partial charge >= 0.3 is 6.18 Å². The minimum atomic E-state index is -4.72. The van der Waals surface area contributed by atoms with Crippen LogP contribution in [0.3, 0.4) is 0 Å². The number of benzene rings is 2. The molecular weight excluding hydrogens is 408 g/mol. The van der Waals surface area contributed by atoms with Crippen molar-refractivity contribution in [2.45, 2.75) is 12.6 Å². The summed E-state index contributed by atoms with van der Waals surface area (Å²) in [6.45, 7) is 3.37. The molecule has 2 aromatic rings. The lowest BCUT2D eigenvalue weighted by molar-refractivity contribution is -0.138. The fourth-order valence-electron chi connectivity index (χ4n) is 2.68. The topological polar surface area (TPSA) is 29.1 Å². The Bertz CT molecular complexity index is 971. The molecule has 2 rings (SSSR count). The van der Waals surface area contributed by atoms with E-state index >= 15 is 0 Å². The van der Waals surface area contributed by atoms with Crippen LogP contribution in [0.15, 0.2) is 72.9 Å². The van der Waals surface area contributed by atoms with Gasteiger partial charge in [0.25, 0.3) is 5.91 Å². The van der Waals surface area contributed by atoms with Gasteiger partial charge in [0.1, 0.15) is 23.0 Å². The predicted molar refractivity (Wildman–Crippen MR) is 101 cm³/mol. The van der Waals surface area contributed by atoms with Crippen molar-refractivity contribution in [2.24, 2.45) is 0 Å². The highest BCUT2D eigenvalue weighted by Gasteiger charge is 2.33. The Balaban J connectivity index is 2.10. The Morgan fingerprint density at radius 3 is 2.33 bits per heavy atom. The third kappa shape index (κ3) is 6.10. The lowest BCUT2D eigenvalue weighted by Gasteiger charge is -2.13. The van der Waals surface area contributed by atoms with Crippen LogP contribution in [0.1, 0.15) is 21.5 Å². The second-order valence-electron chi connectivity index (χ2n) is 6.16. The molecule has 0 bridgehead atoms. The summed E-state index contributed by atoms with van der Waals surface area (Å²) in [7, 11) is 0. The maximum Gasteiger partial charge on any atom is 0.416 e. The molecule has 30 heavy (non-hydrogen) atoms. The number of hydrogen-bond acceptors (Lipinski definition) is 1. The number of allylic oxidation sites excluding steroid dienone is 4. The first kappa shape index (κ1) is 23.0. The highest BCUT2D eigenvalue weighted by atomic mass is 19.4. The summed E-state index contributed by atoms with van der Waals surface area (Å²) in [6.07, 6.45) is 0.764. The maximum atomic E-state index is 13.6. The molecule has 0 radical (unpaired) electrons. The van der Waals surface area contributed by atoms with Gasteiger partial charge in [0.15, 0.2) is 0 Å². The molecule has 0 aliphatic heterocycles. The number of alkyl halides is 3. The van der Waals surface area contributed by atoms with Crippen molar-refractivity contribution in [1.82, 2.24) is 5.32 Å². The molecule has 2 nitrogen and oxygen atoms in total. The summed E-state index contributed by atoms with van der Waals surface area (Å²) in [6, 6.07) is 5.42. The van der Waals surface area contributed by atoms with Crippen molar-refractivity contribution in [2.75, 3.05) is 6.54 Å². The summed E-state index contributed by atoms with van der Waals surface area (Å²) in [4.78, 5) is 11.9. The van der Waals surface area contributed by atoms with E-state index in [2.05, 4.69) is 11.9 Å². The summed E-state index contributed by atoms with van der Waals surface area (Å²) in [5.41, 5.74) is -1.56. The van der Waals surface area contributed by atoms with Gasteiger partial charge in [-0.2, -0.15) is 13.2 Å². The van der Waals surface area contributed by atoms with Gasteiger partial charge in [-0.3, -0.25) is 4.79 Å². The number of carbonyl (C=O) groups excluding carboxylic acids is 1. The zero-order valence-corrected chi connectivity index (χ0v) is 15.6. The van der Waals surface area contributed by atoms with E-state index in [1.807, 2.05) is 0 Å². The van der Waals surface area contributed by atoms with Gasteiger partial charge in [-0.25, -0.2) is 13.2 Å². The van der Waals surface area contributed by atoms with Crippen LogP contribution in [0.5, 0.6) is 0 Å². The smallest absolute Gasteiger partial charge is 0.348 e. The average molecular weight is 425 g/mol. The normalized spacial score (nSPS) is 12.3. The second kappa shape index (κ2) is 9.96. The number of carbonyl (C=O) groups is 1. The van der Waals surface area contributed by atoms with E-state index < -0.39 is 40.7 Å². The van der Waals surface area contributed by atoms with E-state index in [1.165, 1.54) is 24.3 Å². The minimum Gasteiger partial charge on any atom is -0.348 e. The van der Waals surface area contributed by atoms with Crippen molar-refractivity contribution in [3.63, 3.8) is 0 Å². The third-order valence-corrected chi connectivity index (χ3v) is 4.01. The van der Waals surface area contributed by atoms with Gasteiger partial charge in [0.05, 0.1) is 5.56 Å². The van der Waals surface area contributed by atoms with Gasteiger partial charge in [-0.15, -0.1) is 0 Å². The molecule has 8 heteroatoms. The van der Waals surface area contributed by atoms with Crippen molar-refractivity contribution in [1.29, 1.82) is 0 Å². The molecule has 0 saturated carbocycles. The third-order valence-electron chi connectivity index (χ3n) is 4.01. The monoisotopic (exact) mass is 425 g/mol. The van der Waals surface area contributed by atoms with Gasteiger partial charge in [-0.1, -0.05) is 43.0 Å². The minimum absolute atomic E-state index is 0.128.